The molecule has 0 aliphatic rings. The first-order valence-electron chi connectivity index (χ1n) is 15.1. The maximum Gasteiger partial charge on any atom is 0.356 e. The summed E-state index contributed by atoms with van der Waals surface area (Å²) in [7, 11) is -8.86. The molecule has 0 saturated heterocycles. The van der Waals surface area contributed by atoms with Crippen LogP contribution in [0.3, 0.4) is 0 Å². The van der Waals surface area contributed by atoms with Crippen LogP contribution in [0.5, 0.6) is 0 Å². The fraction of sp³-hybridized carbons (Fsp3) is 0.0588. The monoisotopic (exact) mass is 759 g/mol. The van der Waals surface area contributed by atoms with E-state index in [9.17, 15) is 18.7 Å². The van der Waals surface area contributed by atoms with Gasteiger partial charge >= 0.3 is 21.2 Å². The SMILES string of the molecule is Cc1ccnc(-c2cc(C(=O)NO)ccn2)c1.Cc1ccnc(-c2cc(C(=O)O)ccn2)c1.O=P(O)(O)c1ccnc(-c2cc(P(=O)(O)O)ccn2)c1. The van der Waals surface area contributed by atoms with E-state index in [1.165, 1.54) is 43.0 Å². The number of carboxylic acid groups (broad SMARTS) is 1. The Morgan fingerprint density at radius 1 is 0.509 bits per heavy atom. The number of aromatic carboxylic acids is 1. The lowest BCUT2D eigenvalue weighted by Crippen LogP contribution is -2.18. The van der Waals surface area contributed by atoms with Crippen LogP contribution in [0.2, 0.25) is 0 Å². The number of pyridine rings is 6. The number of rotatable bonds is 7. The lowest BCUT2D eigenvalue weighted by Gasteiger charge is -2.07. The van der Waals surface area contributed by atoms with Crippen molar-refractivity contribution in [3.63, 3.8) is 0 Å². The van der Waals surface area contributed by atoms with Crippen LogP contribution < -0.4 is 16.1 Å². The summed E-state index contributed by atoms with van der Waals surface area (Å²) in [5.74, 6) is -1.53. The predicted molar refractivity (Wildman–Crippen MR) is 191 cm³/mol. The molecule has 0 fully saturated rings. The second kappa shape index (κ2) is 17.5. The second-order valence-corrected chi connectivity index (χ2v) is 14.1. The molecule has 0 aliphatic heterocycles. The molecular weight excluding hydrogens is 728 g/mol. The summed E-state index contributed by atoms with van der Waals surface area (Å²) in [6.45, 7) is 3.90. The number of nitrogens with zero attached hydrogens (tertiary/aromatic N) is 6. The fourth-order valence-corrected chi connectivity index (χ4v) is 5.42. The van der Waals surface area contributed by atoms with Crippen LogP contribution in [0.25, 0.3) is 34.2 Å². The molecule has 19 heteroatoms. The van der Waals surface area contributed by atoms with E-state index in [1.54, 1.807) is 23.9 Å². The second-order valence-electron chi connectivity index (χ2n) is 10.9. The van der Waals surface area contributed by atoms with Crippen LogP contribution in [0.1, 0.15) is 31.8 Å². The zero-order chi connectivity index (χ0) is 38.8. The molecule has 0 unspecified atom stereocenters. The van der Waals surface area contributed by atoms with Gasteiger partial charge in [0.05, 0.1) is 50.3 Å². The number of carboxylic acids is 1. The summed E-state index contributed by atoms with van der Waals surface area (Å²) in [5, 5.41) is 16.9. The van der Waals surface area contributed by atoms with Gasteiger partial charge in [0.2, 0.25) is 0 Å². The Bertz CT molecular complexity index is 2290. The molecular formula is C34H31N7O10P2. The zero-order valence-corrected chi connectivity index (χ0v) is 29.6. The smallest absolute Gasteiger partial charge is 0.356 e. The molecule has 0 saturated carbocycles. The van der Waals surface area contributed by atoms with Crippen molar-refractivity contribution in [2.24, 2.45) is 0 Å². The first kappa shape index (κ1) is 39.9. The number of amides is 1. The van der Waals surface area contributed by atoms with Crippen LogP contribution >= 0.6 is 15.2 Å². The van der Waals surface area contributed by atoms with E-state index in [2.05, 4.69) is 29.9 Å². The van der Waals surface area contributed by atoms with Crippen LogP contribution in [-0.2, 0) is 9.13 Å². The van der Waals surface area contributed by atoms with Crippen LogP contribution in [0, 0.1) is 13.8 Å². The molecule has 1 amide bonds. The standard InChI is InChI=1S/C12H11N3O2.C12H10N2O2.C10H10N2O6P2/c1-8-2-4-13-10(6-8)11-7-9(3-5-14-11)12(16)15-17;1-8-2-4-13-10(6-8)11-7-9(12(15)16)3-5-14-11;13-19(14,15)7-1-3-11-9(5-7)10-6-8(2-4-12-10)20(16,17)18/h2-7,17H,1H3,(H,15,16);2-7H,1H3,(H,15,16);1-6H,(H2,13,14,15)(H2,16,17,18). The van der Waals surface area contributed by atoms with E-state index in [-0.39, 0.29) is 27.6 Å². The Kier molecular flexibility index (Phi) is 13.2. The average molecular weight is 760 g/mol. The Morgan fingerprint density at radius 2 is 0.830 bits per heavy atom. The molecule has 0 atom stereocenters. The highest BCUT2D eigenvalue weighted by atomic mass is 31.2. The minimum absolute atomic E-state index is 0.112. The topological polar surface area (TPSA) is 279 Å². The summed E-state index contributed by atoms with van der Waals surface area (Å²) in [6, 6.07) is 18.2. The highest BCUT2D eigenvalue weighted by Gasteiger charge is 2.21. The minimum atomic E-state index is -4.43. The number of hydroxylamine groups is 1. The fourth-order valence-electron chi connectivity index (χ4n) is 4.31. The highest BCUT2D eigenvalue weighted by molar-refractivity contribution is 7.60. The van der Waals surface area contributed by atoms with Gasteiger partial charge in [-0.05, 0) is 97.8 Å². The summed E-state index contributed by atoms with van der Waals surface area (Å²) >= 11 is 0. The number of hydrogen-bond donors (Lipinski definition) is 7. The molecule has 0 aliphatic carbocycles. The van der Waals surface area contributed by atoms with Crippen LogP contribution in [0.4, 0.5) is 0 Å². The average Bonchev–Trinajstić information content (AvgIpc) is 3.14. The van der Waals surface area contributed by atoms with E-state index in [1.807, 2.05) is 38.1 Å². The van der Waals surface area contributed by atoms with Gasteiger partial charge in [-0.15, -0.1) is 0 Å². The number of aryl methyl sites for hydroxylation is 2. The van der Waals surface area contributed by atoms with Gasteiger partial charge in [-0.2, -0.15) is 0 Å². The Balaban J connectivity index is 0.000000179. The highest BCUT2D eigenvalue weighted by Crippen LogP contribution is 2.35. The van der Waals surface area contributed by atoms with Gasteiger partial charge in [0, 0.05) is 42.7 Å². The van der Waals surface area contributed by atoms with E-state index in [4.69, 9.17) is 29.9 Å². The molecule has 272 valence electrons. The Labute approximate surface area is 301 Å². The molecule has 6 aromatic rings. The van der Waals surface area contributed by atoms with Crippen molar-refractivity contribution in [3.8, 4) is 34.2 Å². The van der Waals surface area contributed by atoms with Gasteiger partial charge in [-0.25, -0.2) is 10.3 Å². The molecule has 17 nitrogen and oxygen atoms in total. The third-order valence-corrected chi connectivity index (χ3v) is 8.81. The van der Waals surface area contributed by atoms with Gasteiger partial charge in [0.25, 0.3) is 5.91 Å². The summed E-state index contributed by atoms with van der Waals surface area (Å²) in [4.78, 5) is 82.7. The maximum atomic E-state index is 11.3. The summed E-state index contributed by atoms with van der Waals surface area (Å²) in [5.41, 5.74) is 7.03. The largest absolute Gasteiger partial charge is 0.478 e. The van der Waals surface area contributed by atoms with Crippen molar-refractivity contribution in [3.05, 3.63) is 132 Å². The normalized spacial score (nSPS) is 10.9. The molecule has 53 heavy (non-hydrogen) atoms. The van der Waals surface area contributed by atoms with Crippen molar-refractivity contribution < 1.29 is 48.6 Å². The summed E-state index contributed by atoms with van der Waals surface area (Å²) < 4.78 is 22.3. The Hall–Kier alpha value is -5.90. The van der Waals surface area contributed by atoms with E-state index >= 15 is 0 Å². The van der Waals surface area contributed by atoms with E-state index in [0.717, 1.165) is 35.4 Å². The van der Waals surface area contributed by atoms with Gasteiger partial charge < -0.3 is 24.7 Å². The quantitative estimate of drug-likeness (QED) is 0.0697. The summed E-state index contributed by atoms with van der Waals surface area (Å²) in [6.07, 6.45) is 8.73. The van der Waals surface area contributed by atoms with Gasteiger partial charge in [0.1, 0.15) is 0 Å². The van der Waals surface area contributed by atoms with Crippen molar-refractivity contribution in [2.75, 3.05) is 0 Å². The molecule has 0 spiro atoms. The number of nitrogens with one attached hydrogen (secondary N) is 1. The van der Waals surface area contributed by atoms with Gasteiger partial charge in [-0.3, -0.25) is 49.0 Å². The van der Waals surface area contributed by atoms with Crippen molar-refractivity contribution in [1.29, 1.82) is 0 Å². The van der Waals surface area contributed by atoms with Crippen molar-refractivity contribution in [2.45, 2.75) is 13.8 Å². The number of carbonyl (C=O) groups is 2. The van der Waals surface area contributed by atoms with E-state index < -0.39 is 27.1 Å². The molecule has 0 radical (unpaired) electrons. The van der Waals surface area contributed by atoms with Crippen molar-refractivity contribution in [1.82, 2.24) is 35.4 Å². The predicted octanol–water partition coefficient (Wildman–Crippen LogP) is 3.47. The Morgan fingerprint density at radius 3 is 1.19 bits per heavy atom. The van der Waals surface area contributed by atoms with Crippen LogP contribution in [-0.4, -0.2) is 71.7 Å². The molecule has 6 aromatic heterocycles. The molecule has 7 N–H and O–H groups in total. The number of carbonyl (C=O) groups excluding carboxylic acids is 1. The maximum absolute atomic E-state index is 11.3. The lowest BCUT2D eigenvalue weighted by atomic mass is 10.1. The molecule has 6 heterocycles. The molecule has 0 aromatic carbocycles. The third kappa shape index (κ3) is 11.6. The third-order valence-electron chi connectivity index (χ3n) is 6.91. The number of aromatic nitrogens is 6. The van der Waals surface area contributed by atoms with Crippen molar-refractivity contribution >= 4 is 37.7 Å². The number of hydrogen-bond acceptors (Lipinski definition) is 11. The molecule has 6 rings (SSSR count). The van der Waals surface area contributed by atoms with Crippen LogP contribution in [0.15, 0.2) is 110 Å². The first-order valence-corrected chi connectivity index (χ1v) is 18.3. The van der Waals surface area contributed by atoms with E-state index in [0.29, 0.717) is 28.3 Å². The zero-order valence-electron chi connectivity index (χ0n) is 27.8. The van der Waals surface area contributed by atoms with Gasteiger partial charge in [-0.1, -0.05) is 0 Å². The minimum Gasteiger partial charge on any atom is -0.478 e. The van der Waals surface area contributed by atoms with Gasteiger partial charge in [0.15, 0.2) is 0 Å². The molecule has 0 bridgehead atoms. The lowest BCUT2D eigenvalue weighted by molar-refractivity contribution is 0.0693. The first-order chi connectivity index (χ1) is 25.0.